The van der Waals surface area contributed by atoms with Gasteiger partial charge in [-0.3, -0.25) is 4.98 Å². The van der Waals surface area contributed by atoms with Crippen molar-refractivity contribution < 1.29 is 13.2 Å². The number of rotatable bonds is 2. The molecular weight excluding hydrogens is 205 g/mol. The lowest BCUT2D eigenvalue weighted by Crippen LogP contribution is -2.23. The molecule has 0 radical (unpaired) electrons. The van der Waals surface area contributed by atoms with Gasteiger partial charge in [0.15, 0.2) is 0 Å². The molecule has 5 heteroatoms. The van der Waals surface area contributed by atoms with Gasteiger partial charge >= 0.3 is 6.18 Å². The van der Waals surface area contributed by atoms with E-state index in [1.54, 1.807) is 6.92 Å². The van der Waals surface area contributed by atoms with Crippen molar-refractivity contribution in [1.82, 2.24) is 4.98 Å². The molecule has 1 rings (SSSR count). The third kappa shape index (κ3) is 2.92. The van der Waals surface area contributed by atoms with Gasteiger partial charge in [-0.25, -0.2) is 0 Å². The monoisotopic (exact) mass is 218 g/mol. The first-order chi connectivity index (χ1) is 6.82. The summed E-state index contributed by atoms with van der Waals surface area (Å²) in [5.41, 5.74) is 5.48. The van der Waals surface area contributed by atoms with Crippen LogP contribution in [0.4, 0.5) is 13.2 Å². The van der Waals surface area contributed by atoms with Gasteiger partial charge in [-0.05, 0) is 19.1 Å². The van der Waals surface area contributed by atoms with Crippen LogP contribution in [0.1, 0.15) is 31.0 Å². The van der Waals surface area contributed by atoms with E-state index in [2.05, 4.69) is 4.98 Å². The van der Waals surface area contributed by atoms with Gasteiger partial charge in [0.05, 0.1) is 5.56 Å². The molecule has 2 N–H and O–H groups in total. The van der Waals surface area contributed by atoms with Crippen LogP contribution in [-0.4, -0.2) is 11.0 Å². The van der Waals surface area contributed by atoms with Gasteiger partial charge in [-0.2, -0.15) is 13.2 Å². The van der Waals surface area contributed by atoms with Crippen LogP contribution in [0.2, 0.25) is 0 Å². The zero-order chi connectivity index (χ0) is 11.6. The number of aromatic nitrogens is 1. The van der Waals surface area contributed by atoms with Gasteiger partial charge in [0, 0.05) is 23.9 Å². The number of nitrogens with two attached hydrogens (primary N) is 1. The maximum Gasteiger partial charge on any atom is 0.417 e. The van der Waals surface area contributed by atoms with Crippen molar-refractivity contribution in [2.75, 3.05) is 0 Å². The van der Waals surface area contributed by atoms with Gasteiger partial charge in [0.25, 0.3) is 0 Å². The fourth-order valence-electron chi connectivity index (χ4n) is 1.11. The summed E-state index contributed by atoms with van der Waals surface area (Å²) >= 11 is 0. The molecule has 84 valence electrons. The lowest BCUT2D eigenvalue weighted by atomic mass is 9.99. The Hall–Kier alpha value is -1.10. The van der Waals surface area contributed by atoms with E-state index < -0.39 is 11.7 Å². The highest BCUT2D eigenvalue weighted by Gasteiger charge is 2.30. The lowest BCUT2D eigenvalue weighted by molar-refractivity contribution is -0.137. The number of hydrogen-bond donors (Lipinski definition) is 1. The maximum absolute atomic E-state index is 12.2. The van der Waals surface area contributed by atoms with Crippen LogP contribution in [-0.2, 0) is 6.18 Å². The number of pyridine rings is 1. The third-order valence-corrected chi connectivity index (χ3v) is 2.37. The molecular formula is C10H13F3N2. The first-order valence-electron chi connectivity index (χ1n) is 4.61. The summed E-state index contributed by atoms with van der Waals surface area (Å²) in [6, 6.07) is 2.27. The molecule has 0 aliphatic heterocycles. The Kier molecular flexibility index (Phi) is 3.34. The van der Waals surface area contributed by atoms with Crippen LogP contribution in [0.15, 0.2) is 18.3 Å². The topological polar surface area (TPSA) is 38.9 Å². The van der Waals surface area contributed by atoms with E-state index in [1.807, 2.05) is 6.92 Å². The Balaban J connectivity index is 2.91. The van der Waals surface area contributed by atoms with E-state index in [9.17, 15) is 13.2 Å². The summed E-state index contributed by atoms with van der Waals surface area (Å²) in [5.74, 6) is -0.0488. The standard InChI is InChI=1S/C10H13F3N2/c1-6(7(2)14)9-4-3-8(5-15-9)10(11,12)13/h3-7H,14H2,1-2H3. The average Bonchev–Trinajstić information content (AvgIpc) is 2.15. The highest BCUT2D eigenvalue weighted by atomic mass is 19.4. The molecule has 0 bridgehead atoms. The summed E-state index contributed by atoms with van der Waals surface area (Å²) in [6.45, 7) is 3.63. The second kappa shape index (κ2) is 4.18. The number of halogens is 3. The van der Waals surface area contributed by atoms with Crippen molar-refractivity contribution >= 4 is 0 Å². The number of alkyl halides is 3. The van der Waals surface area contributed by atoms with Crippen LogP contribution in [0.3, 0.4) is 0 Å². The lowest BCUT2D eigenvalue weighted by Gasteiger charge is -2.15. The molecule has 0 saturated carbocycles. The third-order valence-electron chi connectivity index (χ3n) is 2.37. The van der Waals surface area contributed by atoms with Crippen LogP contribution in [0.25, 0.3) is 0 Å². The van der Waals surface area contributed by atoms with Crippen LogP contribution in [0, 0.1) is 0 Å². The SMILES string of the molecule is CC(N)C(C)c1ccc(C(F)(F)F)cn1. The van der Waals surface area contributed by atoms with Crippen LogP contribution >= 0.6 is 0 Å². The van der Waals surface area contributed by atoms with Crippen molar-refractivity contribution in [3.63, 3.8) is 0 Å². The second-order valence-corrected chi connectivity index (χ2v) is 3.62. The number of hydrogen-bond acceptors (Lipinski definition) is 2. The average molecular weight is 218 g/mol. The van der Waals surface area contributed by atoms with Crippen molar-refractivity contribution in [1.29, 1.82) is 0 Å². The fraction of sp³-hybridized carbons (Fsp3) is 0.500. The Bertz CT molecular complexity index is 316. The zero-order valence-electron chi connectivity index (χ0n) is 8.55. The maximum atomic E-state index is 12.2. The molecule has 2 atom stereocenters. The van der Waals surface area contributed by atoms with E-state index in [0.717, 1.165) is 12.3 Å². The van der Waals surface area contributed by atoms with Gasteiger partial charge in [0.2, 0.25) is 0 Å². The zero-order valence-corrected chi connectivity index (χ0v) is 8.55. The molecule has 1 aromatic heterocycles. The first kappa shape index (κ1) is 12.0. The molecule has 1 heterocycles. The highest BCUT2D eigenvalue weighted by Crippen LogP contribution is 2.29. The minimum absolute atomic E-state index is 0.0488. The Labute approximate surface area is 86.3 Å². The van der Waals surface area contributed by atoms with E-state index in [4.69, 9.17) is 5.73 Å². The molecule has 0 aliphatic carbocycles. The van der Waals surface area contributed by atoms with Gasteiger partial charge in [-0.1, -0.05) is 6.92 Å². The summed E-state index contributed by atoms with van der Waals surface area (Å²) in [7, 11) is 0. The first-order valence-corrected chi connectivity index (χ1v) is 4.61. The molecule has 0 saturated heterocycles. The summed E-state index contributed by atoms with van der Waals surface area (Å²) in [6.07, 6.45) is -3.49. The summed E-state index contributed by atoms with van der Waals surface area (Å²) in [4.78, 5) is 3.77. The minimum Gasteiger partial charge on any atom is -0.327 e. The van der Waals surface area contributed by atoms with Crippen molar-refractivity contribution in [2.24, 2.45) is 5.73 Å². The molecule has 0 aromatic carbocycles. The van der Waals surface area contributed by atoms with E-state index in [0.29, 0.717) is 5.69 Å². The molecule has 2 unspecified atom stereocenters. The van der Waals surface area contributed by atoms with Crippen molar-refractivity contribution in [3.8, 4) is 0 Å². The predicted octanol–water partition coefficient (Wildman–Crippen LogP) is 2.55. The smallest absolute Gasteiger partial charge is 0.327 e. The molecule has 1 aromatic rings. The quantitative estimate of drug-likeness (QED) is 0.828. The van der Waals surface area contributed by atoms with Gasteiger partial charge in [0.1, 0.15) is 0 Å². The molecule has 0 aliphatic rings. The molecule has 2 nitrogen and oxygen atoms in total. The number of nitrogens with zero attached hydrogens (tertiary/aromatic N) is 1. The summed E-state index contributed by atoms with van der Waals surface area (Å²) in [5, 5.41) is 0. The van der Waals surface area contributed by atoms with E-state index >= 15 is 0 Å². The van der Waals surface area contributed by atoms with Crippen molar-refractivity contribution in [3.05, 3.63) is 29.6 Å². The largest absolute Gasteiger partial charge is 0.417 e. The molecule has 0 fully saturated rings. The molecule has 15 heavy (non-hydrogen) atoms. The van der Waals surface area contributed by atoms with E-state index in [1.165, 1.54) is 6.07 Å². The fourth-order valence-corrected chi connectivity index (χ4v) is 1.11. The van der Waals surface area contributed by atoms with Crippen LogP contribution in [0.5, 0.6) is 0 Å². The van der Waals surface area contributed by atoms with Crippen molar-refractivity contribution in [2.45, 2.75) is 32.0 Å². The Morgan fingerprint density at radius 2 is 1.87 bits per heavy atom. The molecule has 0 spiro atoms. The Morgan fingerprint density at radius 1 is 1.27 bits per heavy atom. The summed E-state index contributed by atoms with van der Waals surface area (Å²) < 4.78 is 36.6. The minimum atomic E-state index is -4.33. The van der Waals surface area contributed by atoms with E-state index in [-0.39, 0.29) is 12.0 Å². The van der Waals surface area contributed by atoms with Gasteiger partial charge < -0.3 is 5.73 Å². The highest BCUT2D eigenvalue weighted by molar-refractivity contribution is 5.19. The normalized spacial score (nSPS) is 16.1. The van der Waals surface area contributed by atoms with Gasteiger partial charge in [-0.15, -0.1) is 0 Å². The Morgan fingerprint density at radius 3 is 2.20 bits per heavy atom. The second-order valence-electron chi connectivity index (χ2n) is 3.62. The molecule has 0 amide bonds. The predicted molar refractivity (Wildman–Crippen MR) is 51.3 cm³/mol. The van der Waals surface area contributed by atoms with Crippen LogP contribution < -0.4 is 5.73 Å².